The maximum Gasteiger partial charge on any atom is 0.245 e. The predicted octanol–water partition coefficient (Wildman–Crippen LogP) is 3.66. The molecule has 0 bridgehead atoms. The fraction of sp³-hybridized carbons (Fsp3) is 0.350. The van der Waals surface area contributed by atoms with Gasteiger partial charge in [-0.05, 0) is 19.8 Å². The summed E-state index contributed by atoms with van der Waals surface area (Å²) in [5, 5.41) is 7.38. The van der Waals surface area contributed by atoms with Gasteiger partial charge in [-0.3, -0.25) is 4.79 Å². The molecule has 0 spiro atoms. The number of carbonyl (C=O) groups is 1. The van der Waals surface area contributed by atoms with Crippen LogP contribution in [0.1, 0.15) is 25.1 Å². The quantitative estimate of drug-likeness (QED) is 0.737. The highest BCUT2D eigenvalue weighted by Crippen LogP contribution is 2.20. The molecule has 6 heteroatoms. The van der Waals surface area contributed by atoms with E-state index in [9.17, 15) is 4.79 Å². The minimum atomic E-state index is -0.0896. The van der Waals surface area contributed by atoms with Crippen molar-refractivity contribution in [3.8, 4) is 11.4 Å². The number of aromatic nitrogens is 4. The molecule has 2 heterocycles. The Labute approximate surface area is 153 Å². The summed E-state index contributed by atoms with van der Waals surface area (Å²) in [4.78, 5) is 17.2. The van der Waals surface area contributed by atoms with Crippen molar-refractivity contribution < 1.29 is 4.79 Å². The van der Waals surface area contributed by atoms with Crippen molar-refractivity contribution in [1.29, 1.82) is 0 Å². The number of benzene rings is 1. The molecule has 0 aliphatic rings. The van der Waals surface area contributed by atoms with Crippen LogP contribution in [0, 0.1) is 19.8 Å². The topological polar surface area (TPSA) is 64.7 Å². The Balaban J connectivity index is 1.79. The zero-order valence-electron chi connectivity index (χ0n) is 15.7. The number of carbonyl (C=O) groups excluding carboxylic acids is 1. The predicted molar refractivity (Wildman–Crippen MR) is 103 cm³/mol. The Morgan fingerprint density at radius 2 is 1.92 bits per heavy atom. The van der Waals surface area contributed by atoms with E-state index < -0.39 is 0 Å². The van der Waals surface area contributed by atoms with Crippen molar-refractivity contribution in [2.45, 2.75) is 40.8 Å². The van der Waals surface area contributed by atoms with E-state index in [2.05, 4.69) is 29.2 Å². The molecule has 0 saturated heterocycles. The lowest BCUT2D eigenvalue weighted by Gasteiger charge is -2.13. The van der Waals surface area contributed by atoms with Gasteiger partial charge in [-0.2, -0.15) is 5.10 Å². The molecule has 6 nitrogen and oxygen atoms in total. The zero-order chi connectivity index (χ0) is 18.7. The minimum absolute atomic E-state index is 0.0896. The van der Waals surface area contributed by atoms with E-state index in [0.717, 1.165) is 35.0 Å². The lowest BCUT2D eigenvalue weighted by Crippen LogP contribution is -2.22. The van der Waals surface area contributed by atoms with Crippen molar-refractivity contribution in [1.82, 2.24) is 19.3 Å². The molecule has 0 radical (unpaired) electrons. The highest BCUT2D eigenvalue weighted by molar-refractivity contribution is 5.90. The number of amides is 1. The van der Waals surface area contributed by atoms with Crippen LogP contribution in [0.4, 0.5) is 5.82 Å². The number of aryl methyl sites for hydroxylation is 2. The van der Waals surface area contributed by atoms with Gasteiger partial charge in [0.1, 0.15) is 18.2 Å². The lowest BCUT2D eigenvalue weighted by atomic mass is 10.2. The molecule has 1 amide bonds. The number of nitrogens with zero attached hydrogens (tertiary/aromatic N) is 4. The molecule has 0 atom stereocenters. The largest absolute Gasteiger partial charge is 0.321 e. The van der Waals surface area contributed by atoms with Crippen LogP contribution in [-0.4, -0.2) is 25.2 Å². The standard InChI is InChI=1S/C20H25N5O/c1-14(2)11-25-19(15(3)10-21-25)23-18(26)13-24-12-16(4)22-20(24)17-8-6-5-7-9-17/h5-10,12,14H,11,13H2,1-4H3,(H,23,26). The third-order valence-electron chi connectivity index (χ3n) is 4.06. The molecule has 2 aromatic heterocycles. The molecular weight excluding hydrogens is 326 g/mol. The molecule has 3 rings (SSSR count). The Hall–Kier alpha value is -2.89. The van der Waals surface area contributed by atoms with Crippen molar-refractivity contribution >= 4 is 11.7 Å². The van der Waals surface area contributed by atoms with E-state index in [1.54, 1.807) is 6.20 Å². The van der Waals surface area contributed by atoms with Gasteiger partial charge in [0.05, 0.1) is 11.9 Å². The number of anilines is 1. The van der Waals surface area contributed by atoms with E-state index >= 15 is 0 Å². The minimum Gasteiger partial charge on any atom is -0.321 e. The first-order chi connectivity index (χ1) is 12.4. The Morgan fingerprint density at radius 1 is 1.19 bits per heavy atom. The van der Waals surface area contributed by atoms with Crippen LogP contribution in [0.3, 0.4) is 0 Å². The molecule has 0 aliphatic carbocycles. The van der Waals surface area contributed by atoms with E-state index in [4.69, 9.17) is 0 Å². The van der Waals surface area contributed by atoms with Gasteiger partial charge in [0, 0.05) is 23.9 Å². The van der Waals surface area contributed by atoms with Crippen LogP contribution in [0.5, 0.6) is 0 Å². The maximum absolute atomic E-state index is 12.7. The summed E-state index contributed by atoms with van der Waals surface area (Å²) in [6.07, 6.45) is 3.69. The summed E-state index contributed by atoms with van der Waals surface area (Å²) in [5.74, 6) is 1.92. The summed E-state index contributed by atoms with van der Waals surface area (Å²) in [5.41, 5.74) is 2.84. The van der Waals surface area contributed by atoms with Gasteiger partial charge >= 0.3 is 0 Å². The van der Waals surface area contributed by atoms with Gasteiger partial charge in [-0.1, -0.05) is 44.2 Å². The molecule has 26 heavy (non-hydrogen) atoms. The molecule has 0 unspecified atom stereocenters. The highest BCUT2D eigenvalue weighted by Gasteiger charge is 2.15. The van der Waals surface area contributed by atoms with Crippen LogP contribution in [0.15, 0.2) is 42.7 Å². The van der Waals surface area contributed by atoms with Crippen molar-refractivity contribution in [2.24, 2.45) is 5.92 Å². The van der Waals surface area contributed by atoms with Gasteiger partial charge in [0.15, 0.2) is 0 Å². The Kier molecular flexibility index (Phi) is 5.21. The maximum atomic E-state index is 12.7. The third kappa shape index (κ3) is 4.02. The molecule has 0 saturated carbocycles. The van der Waals surface area contributed by atoms with Crippen molar-refractivity contribution in [2.75, 3.05) is 5.32 Å². The Bertz CT molecular complexity index is 892. The number of rotatable bonds is 6. The van der Waals surface area contributed by atoms with E-state index in [1.807, 2.05) is 59.6 Å². The van der Waals surface area contributed by atoms with Crippen LogP contribution in [-0.2, 0) is 17.9 Å². The summed E-state index contributed by atoms with van der Waals surface area (Å²) in [7, 11) is 0. The first-order valence-corrected chi connectivity index (χ1v) is 8.85. The van der Waals surface area contributed by atoms with Gasteiger partial charge in [0.25, 0.3) is 0 Å². The van der Waals surface area contributed by atoms with Crippen LogP contribution < -0.4 is 5.32 Å². The molecular formula is C20H25N5O. The van der Waals surface area contributed by atoms with Gasteiger partial charge in [0.2, 0.25) is 5.91 Å². The van der Waals surface area contributed by atoms with Crippen LogP contribution >= 0.6 is 0 Å². The smallest absolute Gasteiger partial charge is 0.245 e. The number of hydrogen-bond acceptors (Lipinski definition) is 3. The summed E-state index contributed by atoms with van der Waals surface area (Å²) in [6, 6.07) is 9.90. The average Bonchev–Trinajstić information content (AvgIpc) is 3.12. The van der Waals surface area contributed by atoms with Gasteiger partial charge in [-0.25, -0.2) is 9.67 Å². The van der Waals surface area contributed by atoms with Crippen LogP contribution in [0.2, 0.25) is 0 Å². The summed E-state index contributed by atoms with van der Waals surface area (Å²) >= 11 is 0. The molecule has 0 aliphatic heterocycles. The fourth-order valence-electron chi connectivity index (χ4n) is 2.94. The molecule has 3 aromatic rings. The number of imidazole rings is 1. The first kappa shape index (κ1) is 17.9. The SMILES string of the molecule is Cc1cn(CC(=O)Nc2c(C)cnn2CC(C)C)c(-c2ccccc2)n1. The van der Waals surface area contributed by atoms with Crippen molar-refractivity contribution in [3.05, 3.63) is 54.0 Å². The second kappa shape index (κ2) is 7.56. The fourth-order valence-corrected chi connectivity index (χ4v) is 2.94. The molecule has 1 aromatic carbocycles. The van der Waals surface area contributed by atoms with Gasteiger partial charge < -0.3 is 9.88 Å². The second-order valence-electron chi connectivity index (χ2n) is 7.00. The molecule has 0 fully saturated rings. The Morgan fingerprint density at radius 3 is 2.62 bits per heavy atom. The van der Waals surface area contributed by atoms with Gasteiger partial charge in [-0.15, -0.1) is 0 Å². The molecule has 136 valence electrons. The first-order valence-electron chi connectivity index (χ1n) is 8.85. The second-order valence-corrected chi connectivity index (χ2v) is 7.00. The lowest BCUT2D eigenvalue weighted by molar-refractivity contribution is -0.116. The zero-order valence-corrected chi connectivity index (χ0v) is 15.7. The van der Waals surface area contributed by atoms with E-state index in [-0.39, 0.29) is 12.5 Å². The monoisotopic (exact) mass is 351 g/mol. The van der Waals surface area contributed by atoms with E-state index in [0.29, 0.717) is 5.92 Å². The van der Waals surface area contributed by atoms with E-state index in [1.165, 1.54) is 0 Å². The summed E-state index contributed by atoms with van der Waals surface area (Å²) < 4.78 is 3.74. The highest BCUT2D eigenvalue weighted by atomic mass is 16.2. The van der Waals surface area contributed by atoms with Crippen molar-refractivity contribution in [3.63, 3.8) is 0 Å². The average molecular weight is 351 g/mol. The normalized spacial score (nSPS) is 11.1. The number of hydrogen-bond donors (Lipinski definition) is 1. The number of nitrogens with one attached hydrogen (secondary N) is 1. The third-order valence-corrected chi connectivity index (χ3v) is 4.06. The summed E-state index contributed by atoms with van der Waals surface area (Å²) in [6.45, 7) is 9.12. The molecule has 1 N–H and O–H groups in total. The van der Waals surface area contributed by atoms with Crippen LogP contribution in [0.25, 0.3) is 11.4 Å².